The van der Waals surface area contributed by atoms with E-state index in [1.807, 2.05) is 79.0 Å². The zero-order valence-corrected chi connectivity index (χ0v) is 15.2. The zero-order chi connectivity index (χ0) is 18.4. The summed E-state index contributed by atoms with van der Waals surface area (Å²) in [7, 11) is 0. The predicted molar refractivity (Wildman–Crippen MR) is 103 cm³/mol. The molecule has 1 N–H and O–H groups in total. The van der Waals surface area contributed by atoms with Crippen LogP contribution in [0.4, 0.5) is 0 Å². The summed E-state index contributed by atoms with van der Waals surface area (Å²) < 4.78 is 5.21. The Bertz CT molecular complexity index is 875. The minimum Gasteiger partial charge on any atom is -0.451 e. The number of carbonyl (C=O) groups is 2. The fraction of sp³-hybridized carbons (Fsp3) is 0.143. The number of ether oxygens (including phenoxy) is 1. The molecule has 3 aromatic rings. The largest absolute Gasteiger partial charge is 0.451 e. The third kappa shape index (κ3) is 4.37. The molecule has 0 aliphatic carbocycles. The number of carbonyl (C=O) groups excluding carboxylic acids is 2. The molecular formula is C21H19NO3S. The molecule has 1 unspecified atom stereocenters. The molecule has 0 saturated heterocycles. The molecule has 1 atom stereocenters. The van der Waals surface area contributed by atoms with Crippen molar-refractivity contribution < 1.29 is 14.3 Å². The predicted octanol–water partition coefficient (Wildman–Crippen LogP) is 4.45. The summed E-state index contributed by atoms with van der Waals surface area (Å²) in [5.41, 5.74) is 2.76. The molecular weight excluding hydrogens is 346 g/mol. The van der Waals surface area contributed by atoms with E-state index in [1.165, 1.54) is 11.3 Å². The van der Waals surface area contributed by atoms with E-state index in [0.29, 0.717) is 4.88 Å². The van der Waals surface area contributed by atoms with E-state index in [9.17, 15) is 9.59 Å². The van der Waals surface area contributed by atoms with Crippen LogP contribution in [0.1, 0.15) is 28.2 Å². The molecule has 0 fully saturated rings. The van der Waals surface area contributed by atoms with Crippen molar-refractivity contribution in [3.8, 4) is 11.1 Å². The van der Waals surface area contributed by atoms with Gasteiger partial charge in [-0.1, -0.05) is 60.7 Å². The topological polar surface area (TPSA) is 55.4 Å². The molecule has 26 heavy (non-hydrogen) atoms. The number of hydrogen-bond acceptors (Lipinski definition) is 4. The van der Waals surface area contributed by atoms with E-state index < -0.39 is 5.97 Å². The van der Waals surface area contributed by atoms with Gasteiger partial charge in [0, 0.05) is 5.56 Å². The maximum Gasteiger partial charge on any atom is 0.349 e. The summed E-state index contributed by atoms with van der Waals surface area (Å²) in [6, 6.07) is 21.0. The van der Waals surface area contributed by atoms with Crippen LogP contribution in [0, 0.1) is 0 Å². The highest BCUT2D eigenvalue weighted by molar-refractivity contribution is 7.12. The van der Waals surface area contributed by atoms with Crippen molar-refractivity contribution in [2.24, 2.45) is 0 Å². The molecule has 1 amide bonds. The number of rotatable bonds is 6. The lowest BCUT2D eigenvalue weighted by atomic mass is 10.1. The van der Waals surface area contributed by atoms with Gasteiger partial charge in [-0.05, 0) is 29.5 Å². The van der Waals surface area contributed by atoms with Gasteiger partial charge in [0.25, 0.3) is 5.91 Å². The first kappa shape index (κ1) is 17.9. The van der Waals surface area contributed by atoms with Gasteiger partial charge in [-0.15, -0.1) is 11.3 Å². The van der Waals surface area contributed by atoms with Crippen molar-refractivity contribution in [2.45, 2.75) is 13.0 Å². The highest BCUT2D eigenvalue weighted by Crippen LogP contribution is 2.28. The number of nitrogens with one attached hydrogen (secondary N) is 1. The molecule has 0 saturated carbocycles. The van der Waals surface area contributed by atoms with Gasteiger partial charge in [-0.25, -0.2) is 4.79 Å². The van der Waals surface area contributed by atoms with Crippen LogP contribution >= 0.6 is 11.3 Å². The fourth-order valence-electron chi connectivity index (χ4n) is 2.62. The van der Waals surface area contributed by atoms with Crippen molar-refractivity contribution in [3.63, 3.8) is 0 Å². The molecule has 0 aliphatic rings. The third-order valence-electron chi connectivity index (χ3n) is 3.95. The molecule has 0 aliphatic heterocycles. The molecule has 132 valence electrons. The standard InChI is InChI=1S/C21H19NO3S/c1-15(16-8-4-2-5-9-16)22-19(23)14-25-21(24)20-18(12-13-26-20)17-10-6-3-7-11-17/h2-13,15H,14H2,1H3,(H,22,23). The van der Waals surface area contributed by atoms with Crippen molar-refractivity contribution in [2.75, 3.05) is 6.61 Å². The Morgan fingerprint density at radius 2 is 1.65 bits per heavy atom. The Morgan fingerprint density at radius 1 is 1.00 bits per heavy atom. The van der Waals surface area contributed by atoms with E-state index >= 15 is 0 Å². The minimum atomic E-state index is -0.485. The molecule has 0 bridgehead atoms. The van der Waals surface area contributed by atoms with Gasteiger partial charge in [-0.3, -0.25) is 4.79 Å². The molecule has 1 aromatic heterocycles. The number of esters is 1. The smallest absolute Gasteiger partial charge is 0.349 e. The second kappa shape index (κ2) is 8.45. The fourth-order valence-corrected chi connectivity index (χ4v) is 3.43. The summed E-state index contributed by atoms with van der Waals surface area (Å²) in [6.07, 6.45) is 0. The summed E-state index contributed by atoms with van der Waals surface area (Å²) >= 11 is 1.31. The monoisotopic (exact) mass is 365 g/mol. The summed E-state index contributed by atoms with van der Waals surface area (Å²) in [6.45, 7) is 1.59. The summed E-state index contributed by atoms with van der Waals surface area (Å²) in [4.78, 5) is 24.9. The Hall–Kier alpha value is -2.92. The van der Waals surface area contributed by atoms with Crippen LogP contribution in [0.15, 0.2) is 72.1 Å². The second-order valence-electron chi connectivity index (χ2n) is 5.81. The molecule has 1 heterocycles. The van der Waals surface area contributed by atoms with Crippen molar-refractivity contribution >= 4 is 23.2 Å². The van der Waals surface area contributed by atoms with Crippen LogP contribution in [0.25, 0.3) is 11.1 Å². The average molecular weight is 365 g/mol. The first-order valence-electron chi connectivity index (χ1n) is 8.29. The molecule has 2 aromatic carbocycles. The van der Waals surface area contributed by atoms with Crippen molar-refractivity contribution in [1.29, 1.82) is 0 Å². The zero-order valence-electron chi connectivity index (χ0n) is 14.3. The normalized spacial score (nSPS) is 11.6. The lowest BCUT2D eigenvalue weighted by molar-refractivity contribution is -0.124. The van der Waals surface area contributed by atoms with E-state index in [4.69, 9.17) is 4.74 Å². The van der Waals surface area contributed by atoms with Gasteiger partial charge >= 0.3 is 5.97 Å². The first-order valence-corrected chi connectivity index (χ1v) is 9.17. The summed E-state index contributed by atoms with van der Waals surface area (Å²) in [5.74, 6) is -0.811. The van der Waals surface area contributed by atoms with Crippen LogP contribution in [0.2, 0.25) is 0 Å². The van der Waals surface area contributed by atoms with E-state index in [-0.39, 0.29) is 18.6 Å². The number of hydrogen-bond donors (Lipinski definition) is 1. The van der Waals surface area contributed by atoms with Crippen molar-refractivity contribution in [1.82, 2.24) is 5.32 Å². The second-order valence-corrected chi connectivity index (χ2v) is 6.72. The van der Waals surface area contributed by atoms with Gasteiger partial charge in [0.15, 0.2) is 6.61 Å². The van der Waals surface area contributed by atoms with Crippen LogP contribution in [0.3, 0.4) is 0 Å². The molecule has 0 spiro atoms. The Morgan fingerprint density at radius 3 is 2.35 bits per heavy atom. The van der Waals surface area contributed by atoms with Gasteiger partial charge in [0.2, 0.25) is 0 Å². The number of thiophene rings is 1. The maximum atomic E-state index is 12.4. The SMILES string of the molecule is CC(NC(=O)COC(=O)c1sccc1-c1ccccc1)c1ccccc1. The lowest BCUT2D eigenvalue weighted by Gasteiger charge is -2.14. The highest BCUT2D eigenvalue weighted by Gasteiger charge is 2.18. The minimum absolute atomic E-state index is 0.149. The van der Waals surface area contributed by atoms with Crippen molar-refractivity contribution in [3.05, 3.63) is 82.6 Å². The number of benzene rings is 2. The van der Waals surface area contributed by atoms with Crippen LogP contribution in [0.5, 0.6) is 0 Å². The Labute approximate surface area is 156 Å². The van der Waals surface area contributed by atoms with E-state index in [2.05, 4.69) is 5.32 Å². The maximum absolute atomic E-state index is 12.4. The Balaban J connectivity index is 1.58. The third-order valence-corrected chi connectivity index (χ3v) is 4.84. The highest BCUT2D eigenvalue weighted by atomic mass is 32.1. The van der Waals surface area contributed by atoms with Crippen LogP contribution in [-0.4, -0.2) is 18.5 Å². The van der Waals surface area contributed by atoms with Crippen LogP contribution < -0.4 is 5.32 Å². The van der Waals surface area contributed by atoms with E-state index in [1.54, 1.807) is 0 Å². The van der Waals surface area contributed by atoms with Crippen LogP contribution in [-0.2, 0) is 9.53 Å². The van der Waals surface area contributed by atoms with Gasteiger partial charge in [0.05, 0.1) is 6.04 Å². The Kier molecular flexibility index (Phi) is 5.81. The molecule has 5 heteroatoms. The quantitative estimate of drug-likeness (QED) is 0.657. The molecule has 4 nitrogen and oxygen atoms in total. The van der Waals surface area contributed by atoms with E-state index in [0.717, 1.165) is 16.7 Å². The average Bonchev–Trinajstić information content (AvgIpc) is 3.17. The molecule has 3 rings (SSSR count). The first-order chi connectivity index (χ1) is 12.6. The summed E-state index contributed by atoms with van der Waals surface area (Å²) in [5, 5.41) is 4.67. The van der Waals surface area contributed by atoms with Gasteiger partial charge in [-0.2, -0.15) is 0 Å². The molecule has 0 radical (unpaired) electrons. The van der Waals surface area contributed by atoms with Gasteiger partial charge in [0.1, 0.15) is 4.88 Å². The number of amides is 1. The lowest BCUT2D eigenvalue weighted by Crippen LogP contribution is -2.31. The van der Waals surface area contributed by atoms with Gasteiger partial charge < -0.3 is 10.1 Å².